The van der Waals surface area contributed by atoms with E-state index in [1.807, 2.05) is 0 Å². The predicted molar refractivity (Wildman–Crippen MR) is 93.7 cm³/mol. The first-order valence-electron chi connectivity index (χ1n) is 8.12. The molecular formula is C18H13ClF2N4O2. The first-order chi connectivity index (χ1) is 13.0. The Morgan fingerprint density at radius 1 is 1.15 bits per heavy atom. The highest BCUT2D eigenvalue weighted by atomic mass is 35.5. The number of carbonyl (C=O) groups excluding carboxylic acids is 1. The molecule has 0 unspecified atom stereocenters. The van der Waals surface area contributed by atoms with E-state index in [2.05, 4.69) is 21.0 Å². The Bertz CT molecular complexity index is 993. The Labute approximate surface area is 157 Å². The maximum atomic E-state index is 13.3. The minimum atomic E-state index is -0.919. The van der Waals surface area contributed by atoms with E-state index in [1.54, 1.807) is 24.3 Å². The van der Waals surface area contributed by atoms with Crippen LogP contribution in [0.15, 0.2) is 47.0 Å². The third kappa shape index (κ3) is 3.75. The van der Waals surface area contributed by atoms with Gasteiger partial charge in [-0.05, 0) is 54.3 Å². The molecule has 1 heterocycles. The van der Waals surface area contributed by atoms with E-state index in [0.29, 0.717) is 28.4 Å². The van der Waals surface area contributed by atoms with Gasteiger partial charge in [-0.2, -0.15) is 4.98 Å². The second kappa shape index (κ2) is 6.96. The van der Waals surface area contributed by atoms with Crippen molar-refractivity contribution in [2.75, 3.05) is 5.43 Å². The Morgan fingerprint density at radius 2 is 1.93 bits per heavy atom. The highest BCUT2D eigenvalue weighted by Crippen LogP contribution is 2.47. The lowest BCUT2D eigenvalue weighted by Crippen LogP contribution is -2.31. The normalized spacial score (nSPS) is 18.2. The minimum absolute atomic E-state index is 0.0262. The van der Waals surface area contributed by atoms with E-state index in [-0.39, 0.29) is 23.8 Å². The summed E-state index contributed by atoms with van der Waals surface area (Å²) in [6, 6.07) is 10.6. The number of amides is 1. The number of anilines is 1. The van der Waals surface area contributed by atoms with Crippen LogP contribution in [0.3, 0.4) is 0 Å². The van der Waals surface area contributed by atoms with E-state index in [4.69, 9.17) is 16.1 Å². The van der Waals surface area contributed by atoms with Crippen molar-refractivity contribution in [2.45, 2.75) is 12.3 Å². The zero-order chi connectivity index (χ0) is 19.0. The summed E-state index contributed by atoms with van der Waals surface area (Å²) >= 11 is 5.83. The van der Waals surface area contributed by atoms with Crippen molar-refractivity contribution in [3.63, 3.8) is 0 Å². The van der Waals surface area contributed by atoms with Crippen LogP contribution in [0.1, 0.15) is 17.9 Å². The molecule has 0 bridgehead atoms. The Hall–Kier alpha value is -3.00. The summed E-state index contributed by atoms with van der Waals surface area (Å²) in [4.78, 5) is 16.3. The molecule has 0 radical (unpaired) electrons. The van der Waals surface area contributed by atoms with Gasteiger partial charge in [0, 0.05) is 16.5 Å². The van der Waals surface area contributed by atoms with Crippen molar-refractivity contribution >= 4 is 23.5 Å². The van der Waals surface area contributed by atoms with E-state index in [9.17, 15) is 13.6 Å². The summed E-state index contributed by atoms with van der Waals surface area (Å²) in [6.07, 6.45) is 0.554. The van der Waals surface area contributed by atoms with Crippen LogP contribution in [0.2, 0.25) is 5.02 Å². The number of nitrogens with zero attached hydrogens (tertiary/aromatic N) is 2. The molecule has 0 aliphatic heterocycles. The molecule has 27 heavy (non-hydrogen) atoms. The van der Waals surface area contributed by atoms with Gasteiger partial charge in [-0.25, -0.2) is 14.2 Å². The van der Waals surface area contributed by atoms with E-state index >= 15 is 0 Å². The molecule has 1 aliphatic rings. The molecule has 9 heteroatoms. The molecule has 138 valence electrons. The number of nitrogens with one attached hydrogen (secondary N) is 2. The smallest absolute Gasteiger partial charge is 0.313 e. The third-order valence-corrected chi connectivity index (χ3v) is 4.57. The number of benzene rings is 2. The topological polar surface area (TPSA) is 80.0 Å². The van der Waals surface area contributed by atoms with Gasteiger partial charge in [0.25, 0.3) is 0 Å². The maximum Gasteiger partial charge on any atom is 0.340 e. The number of hydrogen-bond donors (Lipinski definition) is 2. The fourth-order valence-electron chi connectivity index (χ4n) is 2.79. The first-order valence-corrected chi connectivity index (χ1v) is 8.49. The van der Waals surface area contributed by atoms with E-state index in [0.717, 1.165) is 12.1 Å². The standard InChI is InChI=1S/C18H13ClF2N4O2/c19-11-4-1-9(2-5-11)16-22-18(27-25-16)24-23-17(26)13-8-12(13)10-3-6-14(20)15(21)7-10/h1-7,12-13H,8H2,(H,23,26)(H,22,24,25)/t12-,13+/m1/s1. The van der Waals surface area contributed by atoms with Crippen LogP contribution in [0.25, 0.3) is 11.4 Å². The number of aromatic nitrogens is 2. The number of carbonyl (C=O) groups is 1. The number of rotatable bonds is 5. The second-order valence-electron chi connectivity index (χ2n) is 6.17. The van der Waals surface area contributed by atoms with Crippen molar-refractivity contribution in [2.24, 2.45) is 5.92 Å². The molecule has 1 saturated carbocycles. The molecule has 2 atom stereocenters. The highest BCUT2D eigenvalue weighted by Gasteiger charge is 2.44. The molecule has 1 aromatic heterocycles. The van der Waals surface area contributed by atoms with Gasteiger partial charge in [-0.15, -0.1) is 0 Å². The lowest BCUT2D eigenvalue weighted by Gasteiger charge is -2.04. The second-order valence-corrected chi connectivity index (χ2v) is 6.60. The van der Waals surface area contributed by atoms with Crippen molar-refractivity contribution in [1.82, 2.24) is 15.6 Å². The van der Waals surface area contributed by atoms with E-state index in [1.165, 1.54) is 6.07 Å². The van der Waals surface area contributed by atoms with Gasteiger partial charge < -0.3 is 4.52 Å². The van der Waals surface area contributed by atoms with Gasteiger partial charge in [0.2, 0.25) is 11.7 Å². The van der Waals surface area contributed by atoms with E-state index < -0.39 is 11.6 Å². The lowest BCUT2D eigenvalue weighted by molar-refractivity contribution is -0.121. The van der Waals surface area contributed by atoms with Crippen molar-refractivity contribution in [3.8, 4) is 11.4 Å². The van der Waals surface area contributed by atoms with Gasteiger partial charge in [0.05, 0.1) is 0 Å². The molecule has 2 N–H and O–H groups in total. The maximum absolute atomic E-state index is 13.3. The van der Waals surface area contributed by atoms with Crippen LogP contribution in [0, 0.1) is 17.6 Å². The van der Waals surface area contributed by atoms with Crippen molar-refractivity contribution in [1.29, 1.82) is 0 Å². The molecular weight excluding hydrogens is 378 g/mol. The van der Waals surface area contributed by atoms with Crippen LogP contribution in [-0.2, 0) is 4.79 Å². The fraction of sp³-hybridized carbons (Fsp3) is 0.167. The van der Waals surface area contributed by atoms with Crippen LogP contribution in [-0.4, -0.2) is 16.0 Å². The molecule has 3 aromatic rings. The van der Waals surface area contributed by atoms with Gasteiger partial charge in [0.15, 0.2) is 11.6 Å². The number of halogens is 3. The molecule has 2 aromatic carbocycles. The van der Waals surface area contributed by atoms with Crippen LogP contribution < -0.4 is 10.9 Å². The monoisotopic (exact) mass is 390 g/mol. The zero-order valence-corrected chi connectivity index (χ0v) is 14.5. The number of hydrogen-bond acceptors (Lipinski definition) is 5. The predicted octanol–water partition coefficient (Wildman–Crippen LogP) is 3.92. The average molecular weight is 391 g/mol. The molecule has 6 nitrogen and oxygen atoms in total. The number of hydrazine groups is 1. The van der Waals surface area contributed by atoms with Crippen LogP contribution >= 0.6 is 11.6 Å². The highest BCUT2D eigenvalue weighted by molar-refractivity contribution is 6.30. The van der Waals surface area contributed by atoms with Crippen molar-refractivity contribution < 1.29 is 18.1 Å². The summed E-state index contributed by atoms with van der Waals surface area (Å²) in [5, 5.41) is 4.41. The Morgan fingerprint density at radius 3 is 2.67 bits per heavy atom. The van der Waals surface area contributed by atoms with Gasteiger partial charge in [0.1, 0.15) is 0 Å². The molecule has 1 fully saturated rings. The Kier molecular flexibility index (Phi) is 4.49. The largest absolute Gasteiger partial charge is 0.340 e. The van der Waals surface area contributed by atoms with Crippen molar-refractivity contribution in [3.05, 3.63) is 64.7 Å². The summed E-state index contributed by atoms with van der Waals surface area (Å²) in [7, 11) is 0. The van der Waals surface area contributed by atoms with Gasteiger partial charge in [-0.3, -0.25) is 10.2 Å². The van der Waals surface area contributed by atoms with Crippen LogP contribution in [0.5, 0.6) is 0 Å². The molecule has 1 amide bonds. The quantitative estimate of drug-likeness (QED) is 0.645. The summed E-state index contributed by atoms with van der Waals surface area (Å²) < 4.78 is 31.3. The molecule has 1 aliphatic carbocycles. The van der Waals surface area contributed by atoms with Gasteiger partial charge in [-0.1, -0.05) is 22.8 Å². The summed E-state index contributed by atoms with van der Waals surface area (Å²) in [5.41, 5.74) is 6.35. The van der Waals surface area contributed by atoms with Gasteiger partial charge >= 0.3 is 6.01 Å². The molecule has 4 rings (SSSR count). The SMILES string of the molecule is O=C(NNc1nc(-c2ccc(Cl)cc2)no1)[C@H]1C[C@@H]1c1ccc(F)c(F)c1. The average Bonchev–Trinajstić information content (AvgIpc) is 3.33. The first kappa shape index (κ1) is 17.4. The minimum Gasteiger partial charge on any atom is -0.313 e. The fourth-order valence-corrected chi connectivity index (χ4v) is 2.92. The lowest BCUT2D eigenvalue weighted by atomic mass is 10.1. The third-order valence-electron chi connectivity index (χ3n) is 4.32. The Balaban J connectivity index is 1.34. The molecule has 0 spiro atoms. The summed E-state index contributed by atoms with van der Waals surface area (Å²) in [6.45, 7) is 0. The summed E-state index contributed by atoms with van der Waals surface area (Å²) in [5.74, 6) is -2.26. The zero-order valence-electron chi connectivity index (χ0n) is 13.7. The molecule has 0 saturated heterocycles. The van der Waals surface area contributed by atoms with Crippen LogP contribution in [0.4, 0.5) is 14.8 Å².